The zero-order valence-corrected chi connectivity index (χ0v) is 18.8. The summed E-state index contributed by atoms with van der Waals surface area (Å²) in [6, 6.07) is 15.3. The molecule has 4 aromatic rings. The summed E-state index contributed by atoms with van der Waals surface area (Å²) >= 11 is 6.25. The van der Waals surface area contributed by atoms with Gasteiger partial charge < -0.3 is 4.90 Å². The zero-order chi connectivity index (χ0) is 22.1. The molecule has 0 spiro atoms. The molecule has 2 aromatic heterocycles. The van der Waals surface area contributed by atoms with E-state index in [0.29, 0.717) is 17.1 Å². The van der Waals surface area contributed by atoms with Crippen LogP contribution in [0.25, 0.3) is 22.2 Å². The molecule has 0 radical (unpaired) electrons. The average molecular weight is 434 g/mol. The number of hydrogen-bond acceptors (Lipinski definition) is 4. The third-order valence-electron chi connectivity index (χ3n) is 5.53. The van der Waals surface area contributed by atoms with Crippen molar-refractivity contribution in [1.82, 2.24) is 24.9 Å². The van der Waals surface area contributed by atoms with Crippen LogP contribution in [0.3, 0.4) is 0 Å². The van der Waals surface area contributed by atoms with E-state index in [0.717, 1.165) is 45.7 Å². The number of pyridine rings is 1. The normalized spacial score (nSPS) is 11.1. The highest BCUT2D eigenvalue weighted by molar-refractivity contribution is 6.31. The van der Waals surface area contributed by atoms with E-state index in [1.165, 1.54) is 0 Å². The summed E-state index contributed by atoms with van der Waals surface area (Å²) in [6.45, 7) is 7.13. The van der Waals surface area contributed by atoms with Crippen LogP contribution in [0.5, 0.6) is 0 Å². The Kier molecular flexibility index (Phi) is 5.74. The first-order valence-corrected chi connectivity index (χ1v) is 10.6. The predicted molar refractivity (Wildman–Crippen MR) is 123 cm³/mol. The first-order valence-electron chi connectivity index (χ1n) is 10.2. The van der Waals surface area contributed by atoms with Crippen molar-refractivity contribution in [2.24, 2.45) is 0 Å². The molecule has 0 aliphatic carbocycles. The van der Waals surface area contributed by atoms with E-state index < -0.39 is 0 Å². The lowest BCUT2D eigenvalue weighted by molar-refractivity contribution is 0.0785. The van der Waals surface area contributed by atoms with Crippen LogP contribution in [0.2, 0.25) is 5.02 Å². The van der Waals surface area contributed by atoms with Crippen molar-refractivity contribution < 1.29 is 4.79 Å². The van der Waals surface area contributed by atoms with Crippen molar-refractivity contribution in [3.05, 3.63) is 76.1 Å². The Bertz CT molecular complexity index is 1280. The van der Waals surface area contributed by atoms with E-state index in [9.17, 15) is 4.79 Å². The largest absolute Gasteiger partial charge is 0.336 e. The molecule has 0 saturated carbocycles. The number of fused-ring (bicyclic) bond motifs is 1. The molecule has 2 aromatic carbocycles. The zero-order valence-electron chi connectivity index (χ0n) is 18.1. The fourth-order valence-electron chi connectivity index (χ4n) is 3.72. The van der Waals surface area contributed by atoms with Gasteiger partial charge in [-0.1, -0.05) is 41.1 Å². The number of benzene rings is 2. The summed E-state index contributed by atoms with van der Waals surface area (Å²) in [5.41, 5.74) is 5.90. The predicted octanol–water partition coefficient (Wildman–Crippen LogP) is 5.06. The van der Waals surface area contributed by atoms with E-state index in [2.05, 4.69) is 10.3 Å². The summed E-state index contributed by atoms with van der Waals surface area (Å²) in [4.78, 5) is 20.0. The minimum absolute atomic E-state index is 0.116. The molecule has 0 aliphatic rings. The van der Waals surface area contributed by atoms with Gasteiger partial charge in [0.1, 0.15) is 5.69 Å². The molecule has 0 aliphatic heterocycles. The summed E-state index contributed by atoms with van der Waals surface area (Å²) < 4.78 is 1.82. The first kappa shape index (κ1) is 21.0. The fourth-order valence-corrected chi connectivity index (χ4v) is 3.89. The first-order chi connectivity index (χ1) is 14.9. The van der Waals surface area contributed by atoms with Gasteiger partial charge in [-0.15, -0.1) is 5.10 Å². The van der Waals surface area contributed by atoms with Crippen LogP contribution < -0.4 is 0 Å². The number of aryl methyl sites for hydroxylation is 2. The van der Waals surface area contributed by atoms with Gasteiger partial charge in [0, 0.05) is 29.6 Å². The Morgan fingerprint density at radius 2 is 1.90 bits per heavy atom. The summed E-state index contributed by atoms with van der Waals surface area (Å²) in [5, 5.41) is 9.69. The number of hydrogen-bond donors (Lipinski definition) is 0. The van der Waals surface area contributed by atoms with Gasteiger partial charge >= 0.3 is 0 Å². The van der Waals surface area contributed by atoms with Crippen molar-refractivity contribution in [3.63, 3.8) is 0 Å². The van der Waals surface area contributed by atoms with Gasteiger partial charge in [-0.2, -0.15) is 0 Å². The number of carbonyl (C=O) groups excluding carboxylic acids is 1. The molecule has 0 unspecified atom stereocenters. The van der Waals surface area contributed by atoms with Crippen molar-refractivity contribution >= 4 is 28.4 Å². The van der Waals surface area contributed by atoms with Crippen LogP contribution >= 0.6 is 11.6 Å². The van der Waals surface area contributed by atoms with Crippen molar-refractivity contribution in [3.8, 4) is 11.3 Å². The minimum Gasteiger partial charge on any atom is -0.336 e. The maximum absolute atomic E-state index is 13.5. The molecule has 0 atom stereocenters. The lowest BCUT2D eigenvalue weighted by Gasteiger charge is -2.18. The van der Waals surface area contributed by atoms with Crippen LogP contribution in [-0.4, -0.2) is 37.8 Å². The Labute approximate surface area is 186 Å². The standard InChI is InChI=1S/C24H24ClN5O/c1-5-30-16(3)23(27-28-30)14-29(4)24(31)20-13-22(18-9-7-6-8-15(18)2)26-21-11-10-17(25)12-19(20)21/h6-13H,5,14H2,1-4H3. The van der Waals surface area contributed by atoms with E-state index >= 15 is 0 Å². The van der Waals surface area contributed by atoms with Crippen LogP contribution in [-0.2, 0) is 13.1 Å². The molecule has 158 valence electrons. The quantitative estimate of drug-likeness (QED) is 0.441. The van der Waals surface area contributed by atoms with Gasteiger partial charge in [0.2, 0.25) is 0 Å². The molecule has 4 rings (SSSR count). The summed E-state index contributed by atoms with van der Waals surface area (Å²) in [7, 11) is 1.77. The molecule has 7 heteroatoms. The van der Waals surface area contributed by atoms with Crippen molar-refractivity contribution in [2.45, 2.75) is 33.9 Å². The molecule has 1 amide bonds. The Morgan fingerprint density at radius 1 is 1.13 bits per heavy atom. The number of nitrogens with zero attached hydrogens (tertiary/aromatic N) is 5. The lowest BCUT2D eigenvalue weighted by atomic mass is 10.0. The monoisotopic (exact) mass is 433 g/mol. The number of rotatable bonds is 5. The van der Waals surface area contributed by atoms with E-state index in [4.69, 9.17) is 16.6 Å². The second kappa shape index (κ2) is 8.47. The van der Waals surface area contributed by atoms with Crippen molar-refractivity contribution in [2.75, 3.05) is 7.05 Å². The van der Waals surface area contributed by atoms with E-state index in [-0.39, 0.29) is 5.91 Å². The molecule has 6 nitrogen and oxygen atoms in total. The van der Waals surface area contributed by atoms with Gasteiger partial charge in [0.05, 0.1) is 29.0 Å². The highest BCUT2D eigenvalue weighted by atomic mass is 35.5. The molecule has 0 N–H and O–H groups in total. The van der Waals surface area contributed by atoms with Gasteiger partial charge in [0.15, 0.2) is 0 Å². The van der Waals surface area contributed by atoms with E-state index in [1.54, 1.807) is 24.1 Å². The Hall–Kier alpha value is -3.25. The number of aromatic nitrogens is 4. The topological polar surface area (TPSA) is 63.9 Å². The maximum Gasteiger partial charge on any atom is 0.254 e. The van der Waals surface area contributed by atoms with Gasteiger partial charge in [-0.25, -0.2) is 9.67 Å². The highest BCUT2D eigenvalue weighted by Crippen LogP contribution is 2.29. The van der Waals surface area contributed by atoms with Gasteiger partial charge in [-0.05, 0) is 50.6 Å². The highest BCUT2D eigenvalue weighted by Gasteiger charge is 2.20. The molecule has 0 bridgehead atoms. The molecule has 0 saturated heterocycles. The fraction of sp³-hybridized carbons (Fsp3) is 0.250. The van der Waals surface area contributed by atoms with Gasteiger partial charge in [-0.3, -0.25) is 4.79 Å². The lowest BCUT2D eigenvalue weighted by Crippen LogP contribution is -2.27. The molecule has 31 heavy (non-hydrogen) atoms. The van der Waals surface area contributed by atoms with Crippen LogP contribution in [0.15, 0.2) is 48.5 Å². The summed E-state index contributed by atoms with van der Waals surface area (Å²) in [5.74, 6) is -0.116. The van der Waals surface area contributed by atoms with E-state index in [1.807, 2.05) is 61.9 Å². The third kappa shape index (κ3) is 4.03. The molecular formula is C24H24ClN5O. The number of halogens is 1. The number of amides is 1. The Balaban J connectivity index is 1.79. The second-order valence-corrected chi connectivity index (χ2v) is 8.07. The third-order valence-corrected chi connectivity index (χ3v) is 5.77. The van der Waals surface area contributed by atoms with Crippen molar-refractivity contribution in [1.29, 1.82) is 0 Å². The smallest absolute Gasteiger partial charge is 0.254 e. The Morgan fingerprint density at radius 3 is 2.61 bits per heavy atom. The van der Waals surface area contributed by atoms with Crippen LogP contribution in [0.1, 0.15) is 34.2 Å². The van der Waals surface area contributed by atoms with Crippen LogP contribution in [0.4, 0.5) is 0 Å². The molecule has 0 fully saturated rings. The minimum atomic E-state index is -0.116. The SMILES string of the molecule is CCn1nnc(CN(C)C(=O)c2cc(-c3ccccc3C)nc3ccc(Cl)cc23)c1C. The van der Waals surface area contributed by atoms with Crippen LogP contribution in [0, 0.1) is 13.8 Å². The average Bonchev–Trinajstić information content (AvgIpc) is 3.12. The maximum atomic E-state index is 13.5. The van der Waals surface area contributed by atoms with Gasteiger partial charge in [0.25, 0.3) is 5.91 Å². The second-order valence-electron chi connectivity index (χ2n) is 7.63. The molecular weight excluding hydrogens is 410 g/mol. The summed E-state index contributed by atoms with van der Waals surface area (Å²) in [6.07, 6.45) is 0. The number of carbonyl (C=O) groups is 1. The molecule has 2 heterocycles.